The van der Waals surface area contributed by atoms with Gasteiger partial charge in [0.05, 0.1) is 11.5 Å². The third kappa shape index (κ3) is 3.81. The molecule has 1 unspecified atom stereocenters. The van der Waals surface area contributed by atoms with Crippen molar-refractivity contribution in [1.29, 1.82) is 0 Å². The Labute approximate surface area is 124 Å². The monoisotopic (exact) mass is 313 g/mol. The van der Waals surface area contributed by atoms with E-state index in [1.54, 1.807) is 13.0 Å². The lowest BCUT2D eigenvalue weighted by Crippen LogP contribution is -2.43. The third-order valence-electron chi connectivity index (χ3n) is 3.54. The molecule has 116 valence electrons. The van der Waals surface area contributed by atoms with Crippen LogP contribution in [0.4, 0.5) is 0 Å². The highest BCUT2D eigenvalue weighted by Gasteiger charge is 2.32. The van der Waals surface area contributed by atoms with E-state index in [1.807, 2.05) is 0 Å². The predicted molar refractivity (Wildman–Crippen MR) is 77.0 cm³/mol. The minimum atomic E-state index is -3.37. The second-order valence-corrected chi connectivity index (χ2v) is 7.47. The standard InChI is InChI=1S/C14H19NO5S/c1-10-3-4-11(21(2,18)19)7-12(10)13(16)15-8-14(17)5-6-20-9-14/h3-4,7,17H,5-6,8-9H2,1-2H3,(H,15,16). The van der Waals surface area contributed by atoms with Gasteiger partial charge in [-0.05, 0) is 24.6 Å². The van der Waals surface area contributed by atoms with Crippen LogP contribution in [0.5, 0.6) is 0 Å². The van der Waals surface area contributed by atoms with Gasteiger partial charge in [0.2, 0.25) is 0 Å². The summed E-state index contributed by atoms with van der Waals surface area (Å²) in [5.41, 5.74) is -0.0760. The minimum absolute atomic E-state index is 0.0778. The summed E-state index contributed by atoms with van der Waals surface area (Å²) in [6, 6.07) is 4.42. The fraction of sp³-hybridized carbons (Fsp3) is 0.500. The molecule has 2 N–H and O–H groups in total. The molecular weight excluding hydrogens is 294 g/mol. The third-order valence-corrected chi connectivity index (χ3v) is 4.65. The molecule has 1 aromatic carbocycles. The first kappa shape index (κ1) is 15.9. The smallest absolute Gasteiger partial charge is 0.251 e. The minimum Gasteiger partial charge on any atom is -0.386 e. The second kappa shape index (κ2) is 5.75. The van der Waals surface area contributed by atoms with Crippen molar-refractivity contribution in [3.63, 3.8) is 0 Å². The number of benzene rings is 1. The summed E-state index contributed by atoms with van der Waals surface area (Å²) in [6.45, 7) is 2.47. The zero-order chi connectivity index (χ0) is 15.7. The lowest BCUT2D eigenvalue weighted by molar-refractivity contribution is 0.0264. The number of hydrogen-bond donors (Lipinski definition) is 2. The van der Waals surface area contributed by atoms with E-state index >= 15 is 0 Å². The lowest BCUT2D eigenvalue weighted by atomic mass is 10.0. The van der Waals surface area contributed by atoms with Crippen molar-refractivity contribution in [3.8, 4) is 0 Å². The van der Waals surface area contributed by atoms with Gasteiger partial charge < -0.3 is 15.2 Å². The van der Waals surface area contributed by atoms with Gasteiger partial charge in [-0.3, -0.25) is 4.79 Å². The Hall–Kier alpha value is -1.44. The van der Waals surface area contributed by atoms with Gasteiger partial charge in [0.1, 0.15) is 5.60 Å². The number of rotatable bonds is 4. The summed E-state index contributed by atoms with van der Waals surface area (Å²) in [7, 11) is -3.37. The maximum Gasteiger partial charge on any atom is 0.251 e. The summed E-state index contributed by atoms with van der Waals surface area (Å²) in [5, 5.41) is 12.7. The van der Waals surface area contributed by atoms with Gasteiger partial charge in [-0.2, -0.15) is 0 Å². The fourth-order valence-electron chi connectivity index (χ4n) is 2.15. The molecule has 0 radical (unpaired) electrons. The average molecular weight is 313 g/mol. The molecule has 1 amide bonds. The van der Waals surface area contributed by atoms with E-state index in [-0.39, 0.29) is 18.0 Å². The first-order valence-electron chi connectivity index (χ1n) is 6.60. The molecule has 0 spiro atoms. The Morgan fingerprint density at radius 3 is 2.76 bits per heavy atom. The molecule has 0 aliphatic carbocycles. The molecule has 1 saturated heterocycles. The van der Waals surface area contributed by atoms with Crippen LogP contribution in [0.25, 0.3) is 0 Å². The van der Waals surface area contributed by atoms with E-state index in [2.05, 4.69) is 5.32 Å². The molecule has 1 atom stereocenters. The molecule has 1 fully saturated rings. The molecule has 7 heteroatoms. The molecular formula is C14H19NO5S. The molecule has 0 aromatic heterocycles. The Balaban J connectivity index is 2.15. The number of ether oxygens (including phenoxy) is 1. The van der Waals surface area contributed by atoms with Gasteiger partial charge in [-0.1, -0.05) is 6.07 Å². The summed E-state index contributed by atoms with van der Waals surface area (Å²) < 4.78 is 28.2. The van der Waals surface area contributed by atoms with Crippen LogP contribution in [0.3, 0.4) is 0 Å². The summed E-state index contributed by atoms with van der Waals surface area (Å²) >= 11 is 0. The Morgan fingerprint density at radius 1 is 1.48 bits per heavy atom. The van der Waals surface area contributed by atoms with Gasteiger partial charge in [0, 0.05) is 31.4 Å². The van der Waals surface area contributed by atoms with E-state index in [9.17, 15) is 18.3 Å². The Kier molecular flexibility index (Phi) is 4.36. The van der Waals surface area contributed by atoms with Crippen molar-refractivity contribution < 1.29 is 23.1 Å². The Bertz CT molecular complexity index is 647. The number of nitrogens with one attached hydrogen (secondary N) is 1. The van der Waals surface area contributed by atoms with Crippen LogP contribution in [-0.2, 0) is 14.6 Å². The first-order chi connectivity index (χ1) is 9.71. The second-order valence-electron chi connectivity index (χ2n) is 5.46. The lowest BCUT2D eigenvalue weighted by Gasteiger charge is -2.21. The number of carbonyl (C=O) groups is 1. The molecule has 21 heavy (non-hydrogen) atoms. The zero-order valence-corrected chi connectivity index (χ0v) is 12.9. The zero-order valence-electron chi connectivity index (χ0n) is 12.0. The summed E-state index contributed by atoms with van der Waals surface area (Å²) in [5.74, 6) is -0.404. The number of sulfone groups is 1. The van der Waals surface area contributed by atoms with Crippen LogP contribution >= 0.6 is 0 Å². The molecule has 1 heterocycles. The van der Waals surface area contributed by atoms with Crippen molar-refractivity contribution in [2.75, 3.05) is 26.0 Å². The van der Waals surface area contributed by atoms with Crippen molar-refractivity contribution in [1.82, 2.24) is 5.32 Å². The molecule has 2 rings (SSSR count). The highest BCUT2D eigenvalue weighted by molar-refractivity contribution is 7.90. The Morgan fingerprint density at radius 2 is 2.19 bits per heavy atom. The highest BCUT2D eigenvalue weighted by Crippen LogP contribution is 2.18. The summed E-state index contributed by atoms with van der Waals surface area (Å²) in [4.78, 5) is 12.3. The van der Waals surface area contributed by atoms with Crippen molar-refractivity contribution in [2.24, 2.45) is 0 Å². The highest BCUT2D eigenvalue weighted by atomic mass is 32.2. The number of aryl methyl sites for hydroxylation is 1. The predicted octanol–water partition coefficient (Wildman–Crippen LogP) is 0.280. The van der Waals surface area contributed by atoms with E-state index in [1.165, 1.54) is 12.1 Å². The SMILES string of the molecule is Cc1ccc(S(C)(=O)=O)cc1C(=O)NCC1(O)CCOC1. The van der Waals surface area contributed by atoms with Gasteiger partial charge in [-0.25, -0.2) is 8.42 Å². The average Bonchev–Trinajstić information content (AvgIpc) is 2.83. The van der Waals surface area contributed by atoms with E-state index in [0.717, 1.165) is 6.26 Å². The normalized spacial score (nSPS) is 22.2. The van der Waals surface area contributed by atoms with Crippen molar-refractivity contribution in [3.05, 3.63) is 29.3 Å². The van der Waals surface area contributed by atoms with E-state index in [4.69, 9.17) is 4.74 Å². The molecule has 6 nitrogen and oxygen atoms in total. The van der Waals surface area contributed by atoms with Crippen LogP contribution in [-0.4, -0.2) is 51.0 Å². The number of hydrogen-bond acceptors (Lipinski definition) is 5. The number of aliphatic hydroxyl groups is 1. The molecule has 1 aliphatic heterocycles. The molecule has 0 saturated carbocycles. The quantitative estimate of drug-likeness (QED) is 0.833. The van der Waals surface area contributed by atoms with Crippen molar-refractivity contribution in [2.45, 2.75) is 23.8 Å². The van der Waals surface area contributed by atoms with Gasteiger partial charge in [0.15, 0.2) is 9.84 Å². The van der Waals surface area contributed by atoms with Gasteiger partial charge in [-0.15, -0.1) is 0 Å². The van der Waals surface area contributed by atoms with Crippen LogP contribution in [0, 0.1) is 6.92 Å². The van der Waals surface area contributed by atoms with Gasteiger partial charge in [0.25, 0.3) is 5.91 Å². The fourth-order valence-corrected chi connectivity index (χ4v) is 2.80. The molecule has 0 bridgehead atoms. The van der Waals surface area contributed by atoms with Gasteiger partial charge >= 0.3 is 0 Å². The number of amides is 1. The maximum atomic E-state index is 12.2. The maximum absolute atomic E-state index is 12.2. The van der Waals surface area contributed by atoms with E-state index < -0.39 is 21.3 Å². The van der Waals surface area contributed by atoms with Crippen LogP contribution in [0.1, 0.15) is 22.3 Å². The topological polar surface area (TPSA) is 92.7 Å². The van der Waals surface area contributed by atoms with Crippen molar-refractivity contribution >= 4 is 15.7 Å². The van der Waals surface area contributed by atoms with Crippen LogP contribution in [0.15, 0.2) is 23.1 Å². The number of carbonyl (C=O) groups excluding carboxylic acids is 1. The van der Waals surface area contributed by atoms with E-state index in [0.29, 0.717) is 24.2 Å². The summed E-state index contributed by atoms with van der Waals surface area (Å²) in [6.07, 6.45) is 1.56. The molecule has 1 aromatic rings. The first-order valence-corrected chi connectivity index (χ1v) is 8.49. The van der Waals surface area contributed by atoms with Crippen LogP contribution < -0.4 is 5.32 Å². The van der Waals surface area contributed by atoms with Crippen LogP contribution in [0.2, 0.25) is 0 Å². The molecule has 1 aliphatic rings. The largest absolute Gasteiger partial charge is 0.386 e.